The van der Waals surface area contributed by atoms with Gasteiger partial charge in [0, 0.05) is 27.2 Å². The Morgan fingerprint density at radius 2 is 1.42 bits per heavy atom. The Hall–Kier alpha value is -0.660. The van der Waals surface area contributed by atoms with Crippen LogP contribution in [0.5, 0.6) is 0 Å². The third-order valence-corrected chi connectivity index (χ3v) is 3.02. The molecule has 2 nitrogen and oxygen atoms in total. The first-order valence-corrected chi connectivity index (χ1v) is 4.93. The van der Waals surface area contributed by atoms with Crippen molar-refractivity contribution >= 4 is 0 Å². The van der Waals surface area contributed by atoms with Crippen molar-refractivity contribution in [3.05, 3.63) is 11.4 Å². The second-order valence-corrected chi connectivity index (χ2v) is 3.98. The van der Waals surface area contributed by atoms with Gasteiger partial charge in [-0.15, -0.1) is 0 Å². The van der Waals surface area contributed by atoms with Crippen molar-refractivity contribution < 1.29 is 0 Å². The molecule has 0 amide bonds. The molecule has 0 bridgehead atoms. The zero-order valence-electron chi connectivity index (χ0n) is 8.14. The van der Waals surface area contributed by atoms with Gasteiger partial charge in [0.15, 0.2) is 0 Å². The maximum absolute atomic E-state index is 2.40. The molecular weight excluding hydrogens is 148 g/mol. The monoisotopic (exact) mass is 166 g/mol. The van der Waals surface area contributed by atoms with Crippen LogP contribution in [0.1, 0.15) is 25.7 Å². The Bertz CT molecular complexity index is 188. The lowest BCUT2D eigenvalue weighted by molar-refractivity contribution is 0.412. The predicted molar refractivity (Wildman–Crippen MR) is 50.8 cm³/mol. The molecule has 1 aliphatic carbocycles. The van der Waals surface area contributed by atoms with Crippen molar-refractivity contribution in [2.24, 2.45) is 0 Å². The maximum atomic E-state index is 2.40. The van der Waals surface area contributed by atoms with Crippen LogP contribution < -0.4 is 0 Å². The van der Waals surface area contributed by atoms with E-state index in [1.807, 2.05) is 0 Å². The molecule has 0 unspecified atom stereocenters. The smallest absolute Gasteiger partial charge is 0.103 e. The van der Waals surface area contributed by atoms with E-state index in [9.17, 15) is 0 Å². The Morgan fingerprint density at radius 3 is 1.92 bits per heavy atom. The van der Waals surface area contributed by atoms with Gasteiger partial charge in [-0.2, -0.15) is 0 Å². The second-order valence-electron chi connectivity index (χ2n) is 3.98. The zero-order valence-corrected chi connectivity index (χ0v) is 8.14. The normalized spacial score (nSPS) is 24.5. The summed E-state index contributed by atoms with van der Waals surface area (Å²) in [5.41, 5.74) is 1.69. The van der Waals surface area contributed by atoms with Crippen molar-refractivity contribution in [2.45, 2.75) is 25.7 Å². The molecule has 1 aliphatic heterocycles. The molecule has 12 heavy (non-hydrogen) atoms. The van der Waals surface area contributed by atoms with Gasteiger partial charge in [0.25, 0.3) is 0 Å². The summed E-state index contributed by atoms with van der Waals surface area (Å²) < 4.78 is 0. The summed E-state index contributed by atoms with van der Waals surface area (Å²) in [4.78, 5) is 4.81. The minimum Gasteiger partial charge on any atom is -0.360 e. The van der Waals surface area contributed by atoms with Crippen molar-refractivity contribution in [1.82, 2.24) is 9.80 Å². The molecule has 2 rings (SSSR count). The molecule has 0 radical (unpaired) electrons. The van der Waals surface area contributed by atoms with E-state index in [0.29, 0.717) is 0 Å². The van der Waals surface area contributed by atoms with Crippen LogP contribution >= 0.6 is 0 Å². The summed E-state index contributed by atoms with van der Waals surface area (Å²) >= 11 is 0. The van der Waals surface area contributed by atoms with Crippen molar-refractivity contribution in [3.8, 4) is 0 Å². The summed E-state index contributed by atoms with van der Waals surface area (Å²) in [5.74, 6) is 1.52. The fourth-order valence-electron chi connectivity index (χ4n) is 2.37. The van der Waals surface area contributed by atoms with Gasteiger partial charge in [-0.05, 0) is 31.3 Å². The molecular formula is C10H18N2. The van der Waals surface area contributed by atoms with Crippen molar-refractivity contribution in [2.75, 3.05) is 27.2 Å². The summed E-state index contributed by atoms with van der Waals surface area (Å²) in [6.07, 6.45) is 5.48. The Morgan fingerprint density at radius 1 is 0.917 bits per heavy atom. The predicted octanol–water partition coefficient (Wildman–Crippen LogP) is 1.65. The van der Waals surface area contributed by atoms with E-state index >= 15 is 0 Å². The fraction of sp³-hybridized carbons (Fsp3) is 0.800. The van der Waals surface area contributed by atoms with Crippen LogP contribution in [0.25, 0.3) is 0 Å². The molecule has 0 atom stereocenters. The van der Waals surface area contributed by atoms with Gasteiger partial charge in [-0.25, -0.2) is 0 Å². The lowest BCUT2D eigenvalue weighted by Crippen LogP contribution is -2.18. The molecule has 0 aromatic carbocycles. The molecule has 0 aromatic rings. The minimum absolute atomic E-state index is 1.20. The van der Waals surface area contributed by atoms with Crippen molar-refractivity contribution in [1.29, 1.82) is 0 Å². The Kier molecular flexibility index (Phi) is 1.99. The largest absolute Gasteiger partial charge is 0.360 e. The van der Waals surface area contributed by atoms with Gasteiger partial charge in [0.2, 0.25) is 0 Å². The third kappa shape index (κ3) is 1.19. The van der Waals surface area contributed by atoms with Crippen LogP contribution in [-0.4, -0.2) is 37.0 Å². The molecule has 1 saturated heterocycles. The summed E-state index contributed by atoms with van der Waals surface area (Å²) in [6, 6.07) is 0. The van der Waals surface area contributed by atoms with Crippen molar-refractivity contribution in [3.63, 3.8) is 0 Å². The van der Waals surface area contributed by atoms with E-state index in [2.05, 4.69) is 23.9 Å². The van der Waals surface area contributed by atoms with Gasteiger partial charge < -0.3 is 9.80 Å². The molecule has 2 heteroatoms. The van der Waals surface area contributed by atoms with Gasteiger partial charge >= 0.3 is 0 Å². The first-order chi connectivity index (χ1) is 5.79. The molecule has 0 spiro atoms. The van der Waals surface area contributed by atoms with E-state index in [4.69, 9.17) is 0 Å². The zero-order chi connectivity index (χ0) is 8.55. The van der Waals surface area contributed by atoms with Gasteiger partial charge in [-0.3, -0.25) is 0 Å². The number of rotatable bonds is 0. The summed E-state index contributed by atoms with van der Waals surface area (Å²) in [5, 5.41) is 0. The summed E-state index contributed by atoms with van der Waals surface area (Å²) in [7, 11) is 4.42. The van der Waals surface area contributed by atoms with Crippen LogP contribution in [0.15, 0.2) is 11.4 Å². The quantitative estimate of drug-likeness (QED) is 0.540. The molecule has 0 aromatic heterocycles. The highest BCUT2D eigenvalue weighted by atomic mass is 15.4. The molecule has 1 heterocycles. The van der Waals surface area contributed by atoms with Gasteiger partial charge in [-0.1, -0.05) is 0 Å². The maximum Gasteiger partial charge on any atom is 0.103 e. The van der Waals surface area contributed by atoms with Crippen LogP contribution in [-0.2, 0) is 0 Å². The first-order valence-electron chi connectivity index (χ1n) is 4.93. The van der Waals surface area contributed by atoms with Crippen LogP contribution in [0, 0.1) is 0 Å². The molecule has 1 saturated carbocycles. The van der Waals surface area contributed by atoms with Crippen LogP contribution in [0.4, 0.5) is 0 Å². The average molecular weight is 166 g/mol. The standard InChI is InChI=1S/C10H18N2/c1-11-7-8-12(2)10(11)9-5-3-4-6-9/h3-8H2,1-2H3. The van der Waals surface area contributed by atoms with Gasteiger partial charge in [0.1, 0.15) is 5.82 Å². The molecule has 68 valence electrons. The fourth-order valence-corrected chi connectivity index (χ4v) is 2.37. The third-order valence-electron chi connectivity index (χ3n) is 3.02. The topological polar surface area (TPSA) is 6.48 Å². The van der Waals surface area contributed by atoms with Crippen LogP contribution in [0.3, 0.4) is 0 Å². The number of hydrogen-bond donors (Lipinski definition) is 0. The van der Waals surface area contributed by atoms with Gasteiger partial charge in [0.05, 0.1) is 0 Å². The summed E-state index contributed by atoms with van der Waals surface area (Å²) in [6.45, 7) is 2.41. The highest BCUT2D eigenvalue weighted by Gasteiger charge is 2.23. The van der Waals surface area contributed by atoms with E-state index in [1.165, 1.54) is 44.6 Å². The minimum atomic E-state index is 1.20. The molecule has 0 N–H and O–H groups in total. The lowest BCUT2D eigenvalue weighted by atomic mass is 10.2. The van der Waals surface area contributed by atoms with E-state index in [-0.39, 0.29) is 0 Å². The number of nitrogens with zero attached hydrogens (tertiary/aromatic N) is 2. The van der Waals surface area contributed by atoms with E-state index in [1.54, 1.807) is 5.57 Å². The number of likely N-dealkylation sites (N-methyl/N-ethyl adjacent to an activating group) is 2. The average Bonchev–Trinajstić information content (AvgIpc) is 2.61. The van der Waals surface area contributed by atoms with E-state index < -0.39 is 0 Å². The highest BCUT2D eigenvalue weighted by Crippen LogP contribution is 2.30. The lowest BCUT2D eigenvalue weighted by Gasteiger charge is -2.20. The SMILES string of the molecule is CN1CCN(C)C1=C1CCCC1. The molecule has 2 fully saturated rings. The second kappa shape index (κ2) is 3.00. The Balaban J connectivity index is 2.23. The van der Waals surface area contributed by atoms with Crippen LogP contribution in [0.2, 0.25) is 0 Å². The molecule has 2 aliphatic rings. The number of allylic oxidation sites excluding steroid dienone is 1. The first kappa shape index (κ1) is 7.96. The van der Waals surface area contributed by atoms with E-state index in [0.717, 1.165) is 0 Å². The Labute approximate surface area is 74.8 Å². The number of hydrogen-bond acceptors (Lipinski definition) is 2. The highest BCUT2D eigenvalue weighted by molar-refractivity contribution is 5.17.